The molecule has 2 nitrogen and oxygen atoms in total. The molecule has 4 aromatic carbocycles. The SMILES string of the molecule is c1ccc(-c2ccc3[nH]c4cc5c(ccc6sc7ccccc7c65)cc4c3c2)nc1. The molecule has 0 aliphatic carbocycles. The Bertz CT molecular complexity index is 1740. The first-order chi connectivity index (χ1) is 14.8. The Morgan fingerprint density at radius 1 is 0.633 bits per heavy atom. The summed E-state index contributed by atoms with van der Waals surface area (Å²) < 4.78 is 2.69. The van der Waals surface area contributed by atoms with Crippen LogP contribution < -0.4 is 0 Å². The van der Waals surface area contributed by atoms with Gasteiger partial charge in [-0.15, -0.1) is 11.3 Å². The molecular weight excluding hydrogens is 384 g/mol. The van der Waals surface area contributed by atoms with Crippen LogP contribution in [0.1, 0.15) is 0 Å². The second-order valence-electron chi connectivity index (χ2n) is 7.76. The van der Waals surface area contributed by atoms with E-state index in [1.54, 1.807) is 0 Å². The molecule has 0 bridgehead atoms. The van der Waals surface area contributed by atoms with Crippen LogP contribution in [-0.2, 0) is 0 Å². The molecule has 0 radical (unpaired) electrons. The number of rotatable bonds is 1. The standard InChI is InChI=1S/C27H16N2S/c1-2-7-25-18(5-1)27-19-15-24-21(13-16(19)9-11-26(27)30-25)20-14-17(8-10-23(20)29-24)22-6-3-4-12-28-22/h1-15,29H. The van der Waals surface area contributed by atoms with Crippen LogP contribution in [-0.4, -0.2) is 9.97 Å². The molecule has 0 unspecified atom stereocenters. The van der Waals surface area contributed by atoms with Gasteiger partial charge in [0, 0.05) is 53.7 Å². The zero-order valence-electron chi connectivity index (χ0n) is 16.0. The number of nitrogens with zero attached hydrogens (tertiary/aromatic N) is 1. The molecule has 0 spiro atoms. The van der Waals surface area contributed by atoms with E-state index in [1.807, 2.05) is 29.7 Å². The minimum absolute atomic E-state index is 1.00. The quantitative estimate of drug-likeness (QED) is 0.298. The van der Waals surface area contributed by atoms with Crippen LogP contribution in [0.5, 0.6) is 0 Å². The van der Waals surface area contributed by atoms with Crippen molar-refractivity contribution in [3.05, 3.63) is 91.1 Å². The van der Waals surface area contributed by atoms with E-state index in [4.69, 9.17) is 0 Å². The van der Waals surface area contributed by atoms with E-state index in [-0.39, 0.29) is 0 Å². The Kier molecular flexibility index (Phi) is 3.18. The van der Waals surface area contributed by atoms with Crippen molar-refractivity contribution >= 4 is 64.1 Å². The van der Waals surface area contributed by atoms with Crippen LogP contribution in [0, 0.1) is 0 Å². The summed E-state index contributed by atoms with van der Waals surface area (Å²) in [6.07, 6.45) is 1.85. The van der Waals surface area contributed by atoms with E-state index in [9.17, 15) is 0 Å². The minimum Gasteiger partial charge on any atom is -0.354 e. The van der Waals surface area contributed by atoms with Crippen LogP contribution in [0.15, 0.2) is 91.1 Å². The number of aromatic nitrogens is 2. The van der Waals surface area contributed by atoms with Crippen LogP contribution in [0.2, 0.25) is 0 Å². The van der Waals surface area contributed by atoms with Gasteiger partial charge in [0.1, 0.15) is 0 Å². The Labute approximate surface area is 176 Å². The first kappa shape index (κ1) is 16.1. The minimum atomic E-state index is 1.00. The van der Waals surface area contributed by atoms with Crippen LogP contribution in [0.25, 0.3) is 64.0 Å². The Balaban J connectivity index is 1.57. The summed E-state index contributed by atoms with van der Waals surface area (Å²) in [6.45, 7) is 0. The molecule has 3 aromatic heterocycles. The van der Waals surface area contributed by atoms with Crippen molar-refractivity contribution in [1.82, 2.24) is 9.97 Å². The summed E-state index contributed by atoms with van der Waals surface area (Å²) in [5.41, 5.74) is 4.48. The topological polar surface area (TPSA) is 28.7 Å². The largest absolute Gasteiger partial charge is 0.354 e. The van der Waals surface area contributed by atoms with Gasteiger partial charge in [0.25, 0.3) is 0 Å². The lowest BCUT2D eigenvalue weighted by molar-refractivity contribution is 1.33. The van der Waals surface area contributed by atoms with Gasteiger partial charge in [-0.1, -0.05) is 36.4 Å². The van der Waals surface area contributed by atoms with Crippen LogP contribution in [0.4, 0.5) is 0 Å². The summed E-state index contributed by atoms with van der Waals surface area (Å²) in [6, 6.07) is 30.5. The van der Waals surface area contributed by atoms with E-state index >= 15 is 0 Å². The zero-order chi connectivity index (χ0) is 19.7. The van der Waals surface area contributed by atoms with Crippen molar-refractivity contribution < 1.29 is 0 Å². The van der Waals surface area contributed by atoms with E-state index in [1.165, 1.54) is 47.2 Å². The molecule has 0 aliphatic heterocycles. The molecule has 0 atom stereocenters. The van der Waals surface area contributed by atoms with Gasteiger partial charge in [0.05, 0.1) is 5.69 Å². The number of hydrogen-bond donors (Lipinski definition) is 1. The van der Waals surface area contributed by atoms with E-state index < -0.39 is 0 Å². The fourth-order valence-corrected chi connectivity index (χ4v) is 5.76. The summed E-state index contributed by atoms with van der Waals surface area (Å²) in [5.74, 6) is 0. The maximum Gasteiger partial charge on any atom is 0.0702 e. The van der Waals surface area contributed by atoms with E-state index in [2.05, 4.69) is 82.8 Å². The molecule has 30 heavy (non-hydrogen) atoms. The second kappa shape index (κ2) is 5.91. The number of hydrogen-bond acceptors (Lipinski definition) is 2. The predicted molar refractivity (Wildman–Crippen MR) is 129 cm³/mol. The number of thiophene rings is 1. The molecule has 0 aliphatic rings. The molecule has 0 amide bonds. The molecule has 3 heteroatoms. The third-order valence-electron chi connectivity index (χ3n) is 6.04. The van der Waals surface area contributed by atoms with Crippen LogP contribution in [0.3, 0.4) is 0 Å². The molecule has 3 heterocycles. The Morgan fingerprint density at radius 2 is 1.53 bits per heavy atom. The Hall–Kier alpha value is -3.69. The van der Waals surface area contributed by atoms with Gasteiger partial charge in [-0.05, 0) is 59.3 Å². The van der Waals surface area contributed by atoms with Gasteiger partial charge in [0.2, 0.25) is 0 Å². The Morgan fingerprint density at radius 3 is 2.47 bits per heavy atom. The molecule has 0 fully saturated rings. The highest BCUT2D eigenvalue weighted by Gasteiger charge is 2.12. The molecule has 0 saturated carbocycles. The predicted octanol–water partition coefficient (Wildman–Crippen LogP) is 7.90. The molecular formula is C27H16N2S. The average molecular weight is 401 g/mol. The highest BCUT2D eigenvalue weighted by Crippen LogP contribution is 2.40. The van der Waals surface area contributed by atoms with Crippen molar-refractivity contribution in [3.8, 4) is 11.3 Å². The maximum atomic E-state index is 4.52. The number of H-pyrrole nitrogens is 1. The average Bonchev–Trinajstić information content (AvgIpc) is 3.35. The fourth-order valence-electron chi connectivity index (χ4n) is 4.64. The lowest BCUT2D eigenvalue weighted by atomic mass is 10.0. The third-order valence-corrected chi connectivity index (χ3v) is 7.17. The number of fused-ring (bicyclic) bond motifs is 8. The van der Waals surface area contributed by atoms with E-state index in [0.29, 0.717) is 0 Å². The lowest BCUT2D eigenvalue weighted by Crippen LogP contribution is -1.81. The van der Waals surface area contributed by atoms with Gasteiger partial charge in [-0.2, -0.15) is 0 Å². The normalized spacial score (nSPS) is 12.0. The smallest absolute Gasteiger partial charge is 0.0702 e. The van der Waals surface area contributed by atoms with Crippen molar-refractivity contribution in [2.45, 2.75) is 0 Å². The maximum absolute atomic E-state index is 4.52. The fraction of sp³-hybridized carbons (Fsp3) is 0. The number of pyridine rings is 1. The van der Waals surface area contributed by atoms with E-state index in [0.717, 1.165) is 16.8 Å². The summed E-state index contributed by atoms with van der Waals surface area (Å²) in [5, 5.41) is 7.80. The first-order valence-corrected chi connectivity index (χ1v) is 10.9. The van der Waals surface area contributed by atoms with Crippen molar-refractivity contribution in [2.24, 2.45) is 0 Å². The monoisotopic (exact) mass is 400 g/mol. The third kappa shape index (κ3) is 2.21. The summed E-state index contributed by atoms with van der Waals surface area (Å²) >= 11 is 1.87. The molecule has 0 saturated heterocycles. The van der Waals surface area contributed by atoms with Gasteiger partial charge >= 0.3 is 0 Å². The van der Waals surface area contributed by atoms with Crippen molar-refractivity contribution in [3.63, 3.8) is 0 Å². The highest BCUT2D eigenvalue weighted by atomic mass is 32.1. The van der Waals surface area contributed by atoms with Crippen LogP contribution >= 0.6 is 11.3 Å². The van der Waals surface area contributed by atoms with Gasteiger partial charge in [-0.25, -0.2) is 0 Å². The van der Waals surface area contributed by atoms with Gasteiger partial charge in [-0.3, -0.25) is 4.98 Å². The highest BCUT2D eigenvalue weighted by molar-refractivity contribution is 7.26. The molecule has 7 rings (SSSR count). The lowest BCUT2D eigenvalue weighted by Gasteiger charge is -2.03. The van der Waals surface area contributed by atoms with Gasteiger partial charge < -0.3 is 4.98 Å². The molecule has 1 N–H and O–H groups in total. The molecule has 7 aromatic rings. The van der Waals surface area contributed by atoms with Crippen molar-refractivity contribution in [1.29, 1.82) is 0 Å². The summed E-state index contributed by atoms with van der Waals surface area (Å²) in [7, 11) is 0. The number of benzene rings is 4. The molecule has 140 valence electrons. The zero-order valence-corrected chi connectivity index (χ0v) is 16.8. The number of nitrogens with one attached hydrogen (secondary N) is 1. The second-order valence-corrected chi connectivity index (χ2v) is 8.84. The number of aromatic amines is 1. The first-order valence-electron chi connectivity index (χ1n) is 10.1. The van der Waals surface area contributed by atoms with Gasteiger partial charge in [0.15, 0.2) is 0 Å². The van der Waals surface area contributed by atoms with Crippen molar-refractivity contribution in [2.75, 3.05) is 0 Å². The summed E-state index contributed by atoms with van der Waals surface area (Å²) in [4.78, 5) is 8.16.